The van der Waals surface area contributed by atoms with Crippen molar-refractivity contribution >= 4 is 17.8 Å². The Bertz CT molecular complexity index is 637. The molecule has 2 unspecified atom stereocenters. The summed E-state index contributed by atoms with van der Waals surface area (Å²) in [6.07, 6.45) is 6.04. The summed E-state index contributed by atoms with van der Waals surface area (Å²) in [7, 11) is 0. The molecule has 2 atom stereocenters. The van der Waals surface area contributed by atoms with E-state index in [0.717, 1.165) is 25.7 Å². The Kier molecular flexibility index (Phi) is 6.73. The Morgan fingerprint density at radius 3 is 2.61 bits per heavy atom. The molecule has 1 aliphatic carbocycles. The number of morpholine rings is 1. The molecule has 0 aromatic rings. The van der Waals surface area contributed by atoms with Crippen LogP contribution in [0.2, 0.25) is 0 Å². The number of nitrogens with zero attached hydrogens (tertiary/aromatic N) is 2. The largest absolute Gasteiger partial charge is 0.378 e. The third-order valence-corrected chi connectivity index (χ3v) is 5.83. The molecule has 3 rings (SSSR count). The molecule has 2 saturated heterocycles. The van der Waals surface area contributed by atoms with Gasteiger partial charge in [0.25, 0.3) is 0 Å². The first-order valence-corrected chi connectivity index (χ1v) is 10.1. The van der Waals surface area contributed by atoms with Crippen LogP contribution >= 0.6 is 0 Å². The maximum Gasteiger partial charge on any atom is 0.318 e. The van der Waals surface area contributed by atoms with E-state index in [0.29, 0.717) is 38.6 Å². The van der Waals surface area contributed by atoms with Crippen molar-refractivity contribution in [3.05, 3.63) is 0 Å². The minimum Gasteiger partial charge on any atom is -0.378 e. The van der Waals surface area contributed by atoms with Crippen LogP contribution in [0.3, 0.4) is 0 Å². The van der Waals surface area contributed by atoms with Crippen LogP contribution in [0.5, 0.6) is 0 Å². The summed E-state index contributed by atoms with van der Waals surface area (Å²) in [4.78, 5) is 38.9. The van der Waals surface area contributed by atoms with Gasteiger partial charge in [0, 0.05) is 13.1 Å². The second-order valence-corrected chi connectivity index (χ2v) is 7.98. The van der Waals surface area contributed by atoms with Gasteiger partial charge in [-0.3, -0.25) is 9.59 Å². The van der Waals surface area contributed by atoms with Crippen LogP contribution in [0.15, 0.2) is 0 Å². The molecule has 3 aliphatic rings. The van der Waals surface area contributed by atoms with E-state index >= 15 is 0 Å². The predicted molar refractivity (Wildman–Crippen MR) is 100 cm³/mol. The van der Waals surface area contributed by atoms with Crippen molar-refractivity contribution < 1.29 is 19.1 Å². The van der Waals surface area contributed by atoms with Crippen molar-refractivity contribution in [2.75, 3.05) is 32.8 Å². The van der Waals surface area contributed by atoms with Crippen LogP contribution in [-0.4, -0.2) is 67.2 Å². The number of carbonyl (C=O) groups is 3. The molecule has 1 saturated carbocycles. The van der Waals surface area contributed by atoms with Crippen molar-refractivity contribution in [1.29, 1.82) is 5.26 Å². The van der Waals surface area contributed by atoms with Crippen molar-refractivity contribution in [3.63, 3.8) is 0 Å². The minimum absolute atomic E-state index is 0.0667. The molecule has 9 nitrogen and oxygen atoms in total. The summed E-state index contributed by atoms with van der Waals surface area (Å²) in [6, 6.07) is 1.05. The van der Waals surface area contributed by atoms with Gasteiger partial charge in [0.05, 0.1) is 32.2 Å². The molecule has 9 heteroatoms. The quantitative estimate of drug-likeness (QED) is 0.620. The Balaban J connectivity index is 1.67. The molecular weight excluding hydrogens is 362 g/mol. The van der Waals surface area contributed by atoms with E-state index in [1.54, 1.807) is 4.90 Å². The summed E-state index contributed by atoms with van der Waals surface area (Å²) in [5.41, 5.74) is -1.25. The second-order valence-electron chi connectivity index (χ2n) is 7.98. The highest BCUT2D eigenvalue weighted by Gasteiger charge is 2.42. The van der Waals surface area contributed by atoms with Crippen LogP contribution in [-0.2, 0) is 14.3 Å². The van der Waals surface area contributed by atoms with Crippen molar-refractivity contribution in [2.45, 2.75) is 56.5 Å². The van der Waals surface area contributed by atoms with Crippen LogP contribution in [0.25, 0.3) is 0 Å². The third-order valence-electron chi connectivity index (χ3n) is 5.83. The van der Waals surface area contributed by atoms with Gasteiger partial charge in [0.15, 0.2) is 5.54 Å². The Morgan fingerprint density at radius 1 is 1.29 bits per heavy atom. The zero-order chi connectivity index (χ0) is 20.0. The number of hydrogen-bond acceptors (Lipinski definition) is 5. The molecule has 2 aliphatic heterocycles. The number of hydrogen-bond donors (Lipinski definition) is 3. The summed E-state index contributed by atoms with van der Waals surface area (Å²) in [5, 5.41) is 17.7. The highest BCUT2D eigenvalue weighted by molar-refractivity contribution is 5.89. The standard InChI is InChI=1S/C19H29N5O4/c20-12-19(11-16(25)21-13-19)23-17(26)15(10-14-4-2-1-3-5-14)22-18(27)24-6-8-28-9-7-24/h14-15H,1-11,13H2,(H,21,25)(H,22,27)(H,23,26). The molecule has 0 spiro atoms. The van der Waals surface area contributed by atoms with E-state index in [4.69, 9.17) is 4.74 Å². The van der Waals surface area contributed by atoms with Gasteiger partial charge in [-0.05, 0) is 12.3 Å². The fourth-order valence-corrected chi connectivity index (χ4v) is 4.16. The summed E-state index contributed by atoms with van der Waals surface area (Å²) in [6.45, 7) is 2.03. The second kappa shape index (κ2) is 9.24. The van der Waals surface area contributed by atoms with Crippen LogP contribution < -0.4 is 16.0 Å². The molecule has 3 N–H and O–H groups in total. The Morgan fingerprint density at radius 2 is 2.00 bits per heavy atom. The topological polar surface area (TPSA) is 124 Å². The molecule has 0 radical (unpaired) electrons. The molecule has 28 heavy (non-hydrogen) atoms. The first-order chi connectivity index (χ1) is 13.5. The SMILES string of the molecule is N#CC1(NC(=O)C(CC2CCCCC2)NC(=O)N2CCOCC2)CNC(=O)C1. The minimum atomic E-state index is -1.25. The van der Waals surface area contributed by atoms with E-state index in [-0.39, 0.29) is 24.9 Å². The normalized spacial score (nSPS) is 26.8. The van der Waals surface area contributed by atoms with Gasteiger partial charge in [0.1, 0.15) is 6.04 Å². The number of rotatable bonds is 5. The average molecular weight is 391 g/mol. The van der Waals surface area contributed by atoms with Gasteiger partial charge in [-0.25, -0.2) is 4.79 Å². The monoisotopic (exact) mass is 391 g/mol. The molecule has 0 aromatic carbocycles. The first-order valence-electron chi connectivity index (χ1n) is 10.1. The van der Waals surface area contributed by atoms with Gasteiger partial charge in [-0.2, -0.15) is 5.26 Å². The Labute approximate surface area is 165 Å². The maximum atomic E-state index is 13.0. The molecule has 3 fully saturated rings. The lowest BCUT2D eigenvalue weighted by molar-refractivity contribution is -0.124. The fraction of sp³-hybridized carbons (Fsp3) is 0.789. The zero-order valence-corrected chi connectivity index (χ0v) is 16.2. The molecule has 4 amide bonds. The van der Waals surface area contributed by atoms with Gasteiger partial charge in [0.2, 0.25) is 11.8 Å². The lowest BCUT2D eigenvalue weighted by Gasteiger charge is -2.32. The lowest BCUT2D eigenvalue weighted by atomic mass is 9.84. The number of amides is 4. The fourth-order valence-electron chi connectivity index (χ4n) is 4.16. The highest BCUT2D eigenvalue weighted by atomic mass is 16.5. The number of nitrogens with one attached hydrogen (secondary N) is 3. The molecule has 0 bridgehead atoms. The number of carbonyl (C=O) groups excluding carboxylic acids is 3. The van der Waals surface area contributed by atoms with Gasteiger partial charge in [-0.1, -0.05) is 32.1 Å². The van der Waals surface area contributed by atoms with E-state index < -0.39 is 17.5 Å². The third kappa shape index (κ3) is 5.13. The van der Waals surface area contributed by atoms with Crippen molar-refractivity contribution in [2.24, 2.45) is 5.92 Å². The van der Waals surface area contributed by atoms with E-state index in [9.17, 15) is 19.6 Å². The molecule has 154 valence electrons. The van der Waals surface area contributed by atoms with Crippen LogP contribution in [0.1, 0.15) is 44.9 Å². The zero-order valence-electron chi connectivity index (χ0n) is 16.2. The first kappa shape index (κ1) is 20.4. The summed E-state index contributed by atoms with van der Waals surface area (Å²) < 4.78 is 5.27. The summed E-state index contributed by atoms with van der Waals surface area (Å²) >= 11 is 0. The van der Waals surface area contributed by atoms with E-state index in [1.807, 2.05) is 0 Å². The Hall–Kier alpha value is -2.34. The van der Waals surface area contributed by atoms with Crippen molar-refractivity contribution in [1.82, 2.24) is 20.9 Å². The molecular formula is C19H29N5O4. The van der Waals surface area contributed by atoms with Crippen molar-refractivity contribution in [3.8, 4) is 6.07 Å². The number of urea groups is 1. The average Bonchev–Trinajstić information content (AvgIpc) is 3.09. The van der Waals surface area contributed by atoms with Crippen LogP contribution in [0.4, 0.5) is 4.79 Å². The number of nitriles is 1. The van der Waals surface area contributed by atoms with Gasteiger partial charge >= 0.3 is 6.03 Å². The van der Waals surface area contributed by atoms with Crippen LogP contribution in [0, 0.1) is 17.2 Å². The maximum absolute atomic E-state index is 13.0. The van der Waals surface area contributed by atoms with E-state index in [2.05, 4.69) is 22.0 Å². The van der Waals surface area contributed by atoms with Gasteiger partial charge in [-0.15, -0.1) is 0 Å². The predicted octanol–water partition coefficient (Wildman–Crippen LogP) is 0.266. The number of ether oxygens (including phenoxy) is 1. The molecule has 0 aromatic heterocycles. The lowest BCUT2D eigenvalue weighted by Crippen LogP contribution is -2.58. The molecule has 2 heterocycles. The smallest absolute Gasteiger partial charge is 0.318 e. The van der Waals surface area contributed by atoms with E-state index in [1.165, 1.54) is 6.42 Å². The highest BCUT2D eigenvalue weighted by Crippen LogP contribution is 2.28. The van der Waals surface area contributed by atoms with Gasteiger partial charge < -0.3 is 25.6 Å². The summed E-state index contributed by atoms with van der Waals surface area (Å²) in [5.74, 6) is -0.288.